The number of benzene rings is 1. The van der Waals surface area contributed by atoms with E-state index in [4.69, 9.17) is 15.2 Å². The first-order valence-corrected chi connectivity index (χ1v) is 6.93. The molecule has 0 aromatic heterocycles. The van der Waals surface area contributed by atoms with Crippen molar-refractivity contribution >= 4 is 23.2 Å². The summed E-state index contributed by atoms with van der Waals surface area (Å²) in [4.78, 5) is 25.7. The van der Waals surface area contributed by atoms with Gasteiger partial charge in [0.15, 0.2) is 0 Å². The Morgan fingerprint density at radius 2 is 1.77 bits per heavy atom. The van der Waals surface area contributed by atoms with Crippen LogP contribution in [0.5, 0.6) is 0 Å². The first-order valence-electron chi connectivity index (χ1n) is 6.93. The van der Waals surface area contributed by atoms with Crippen LogP contribution in [0.1, 0.15) is 5.56 Å². The van der Waals surface area contributed by atoms with Gasteiger partial charge in [-0.1, -0.05) is 6.07 Å². The quantitative estimate of drug-likeness (QED) is 0.569. The fourth-order valence-electron chi connectivity index (χ4n) is 1.82. The molecule has 7 heteroatoms. The summed E-state index contributed by atoms with van der Waals surface area (Å²) in [5, 5.41) is 2.55. The normalized spacial score (nSPS) is 10.3. The van der Waals surface area contributed by atoms with Crippen LogP contribution in [0.2, 0.25) is 0 Å². The number of amides is 2. The molecule has 2 amide bonds. The summed E-state index contributed by atoms with van der Waals surface area (Å²) in [5.41, 5.74) is 7.57. The number of methoxy groups -OCH3 is 2. The summed E-state index contributed by atoms with van der Waals surface area (Å²) in [5.74, 6) is -1.38. The maximum absolute atomic E-state index is 12.2. The summed E-state index contributed by atoms with van der Waals surface area (Å²) in [6, 6.07) is 5.23. The zero-order valence-electron chi connectivity index (χ0n) is 13.2. The number of hydrogen-bond donors (Lipinski definition) is 2. The second-order valence-corrected chi connectivity index (χ2v) is 4.82. The van der Waals surface area contributed by atoms with Crippen LogP contribution >= 0.6 is 0 Å². The van der Waals surface area contributed by atoms with E-state index in [-0.39, 0.29) is 0 Å². The largest absolute Gasteiger partial charge is 0.397 e. The molecule has 1 rings (SSSR count). The Kier molecular flexibility index (Phi) is 7.34. The maximum Gasteiger partial charge on any atom is 0.313 e. The van der Waals surface area contributed by atoms with Crippen molar-refractivity contribution in [1.82, 2.24) is 4.90 Å². The molecule has 0 radical (unpaired) electrons. The maximum atomic E-state index is 12.2. The van der Waals surface area contributed by atoms with Crippen molar-refractivity contribution in [1.29, 1.82) is 0 Å². The smallest absolute Gasteiger partial charge is 0.313 e. The van der Waals surface area contributed by atoms with Crippen molar-refractivity contribution in [3.05, 3.63) is 23.8 Å². The molecule has 0 atom stereocenters. The van der Waals surface area contributed by atoms with E-state index < -0.39 is 11.8 Å². The SMILES string of the molecule is COCCN(CCOC)C(=O)C(=O)Nc1cc(C)ccc1N. The molecule has 22 heavy (non-hydrogen) atoms. The van der Waals surface area contributed by atoms with Crippen LogP contribution in [0, 0.1) is 6.92 Å². The number of hydrogen-bond acceptors (Lipinski definition) is 5. The van der Waals surface area contributed by atoms with Crippen molar-refractivity contribution in [3.63, 3.8) is 0 Å². The monoisotopic (exact) mass is 309 g/mol. The van der Waals surface area contributed by atoms with Gasteiger partial charge in [0.25, 0.3) is 0 Å². The number of anilines is 2. The zero-order chi connectivity index (χ0) is 16.5. The van der Waals surface area contributed by atoms with Gasteiger partial charge in [-0.05, 0) is 24.6 Å². The van der Waals surface area contributed by atoms with Gasteiger partial charge >= 0.3 is 11.8 Å². The number of carbonyl (C=O) groups excluding carboxylic acids is 2. The van der Waals surface area contributed by atoms with Gasteiger partial charge in [0.05, 0.1) is 24.6 Å². The third kappa shape index (κ3) is 5.34. The van der Waals surface area contributed by atoms with Gasteiger partial charge in [0.2, 0.25) is 0 Å². The van der Waals surface area contributed by atoms with E-state index in [1.165, 1.54) is 19.1 Å². The number of nitrogens with two attached hydrogens (primary N) is 1. The van der Waals surface area contributed by atoms with Gasteiger partial charge in [0.1, 0.15) is 0 Å². The molecule has 0 aliphatic rings. The average Bonchev–Trinajstić information content (AvgIpc) is 2.50. The fraction of sp³-hybridized carbons (Fsp3) is 0.467. The topological polar surface area (TPSA) is 93.9 Å². The van der Waals surface area contributed by atoms with Gasteiger partial charge in [0, 0.05) is 27.3 Å². The van der Waals surface area contributed by atoms with Gasteiger partial charge in [-0.25, -0.2) is 0 Å². The Labute approximate surface area is 130 Å². The van der Waals surface area contributed by atoms with E-state index in [9.17, 15) is 9.59 Å². The Balaban J connectivity index is 2.75. The molecule has 0 saturated carbocycles. The summed E-state index contributed by atoms with van der Waals surface area (Å²) >= 11 is 0. The Hall–Kier alpha value is -2.12. The van der Waals surface area contributed by atoms with Crippen molar-refractivity contribution in [2.45, 2.75) is 6.92 Å². The van der Waals surface area contributed by atoms with Gasteiger partial charge in [-0.2, -0.15) is 0 Å². The molecule has 122 valence electrons. The second kappa shape index (κ2) is 9.01. The van der Waals surface area contributed by atoms with Crippen molar-refractivity contribution in [2.75, 3.05) is 51.6 Å². The lowest BCUT2D eigenvalue weighted by Gasteiger charge is -2.21. The van der Waals surface area contributed by atoms with Crippen molar-refractivity contribution in [2.24, 2.45) is 0 Å². The molecule has 1 aromatic rings. The molecular formula is C15H23N3O4. The summed E-state index contributed by atoms with van der Waals surface area (Å²) in [6.45, 7) is 3.19. The molecule has 0 spiro atoms. The lowest BCUT2D eigenvalue weighted by Crippen LogP contribution is -2.43. The van der Waals surface area contributed by atoms with Crippen LogP contribution in [0.3, 0.4) is 0 Å². The fourth-order valence-corrected chi connectivity index (χ4v) is 1.82. The minimum absolute atomic E-state index is 0.315. The molecule has 1 aromatic carbocycles. The number of nitrogens with one attached hydrogen (secondary N) is 1. The molecule has 0 unspecified atom stereocenters. The van der Waals surface area contributed by atoms with E-state index in [0.717, 1.165) is 5.56 Å². The minimum Gasteiger partial charge on any atom is -0.397 e. The van der Waals surface area contributed by atoms with Gasteiger partial charge < -0.3 is 25.4 Å². The number of carbonyl (C=O) groups is 2. The lowest BCUT2D eigenvalue weighted by molar-refractivity contribution is -0.144. The Bertz CT molecular complexity index is 512. The lowest BCUT2D eigenvalue weighted by atomic mass is 10.2. The van der Waals surface area contributed by atoms with Crippen LogP contribution in [-0.4, -0.2) is 57.2 Å². The van der Waals surface area contributed by atoms with Gasteiger partial charge in [-0.3, -0.25) is 9.59 Å². The third-order valence-corrected chi connectivity index (χ3v) is 3.07. The van der Waals surface area contributed by atoms with Crippen molar-refractivity contribution in [3.8, 4) is 0 Å². The van der Waals surface area contributed by atoms with Crippen molar-refractivity contribution < 1.29 is 19.1 Å². The number of nitrogens with zero attached hydrogens (tertiary/aromatic N) is 1. The van der Waals surface area contributed by atoms with E-state index in [0.29, 0.717) is 37.7 Å². The molecule has 0 bridgehead atoms. The first-order chi connectivity index (χ1) is 10.5. The number of nitrogen functional groups attached to an aromatic ring is 1. The van der Waals surface area contributed by atoms with Crippen LogP contribution < -0.4 is 11.1 Å². The molecule has 0 aliphatic carbocycles. The molecule has 0 fully saturated rings. The first kappa shape index (κ1) is 17.9. The van der Waals surface area contributed by atoms with Crippen LogP contribution in [-0.2, 0) is 19.1 Å². The zero-order valence-corrected chi connectivity index (χ0v) is 13.2. The average molecular weight is 309 g/mol. The highest BCUT2D eigenvalue weighted by atomic mass is 16.5. The summed E-state index contributed by atoms with van der Waals surface area (Å²) in [6.07, 6.45) is 0. The predicted molar refractivity (Wildman–Crippen MR) is 84.6 cm³/mol. The summed E-state index contributed by atoms with van der Waals surface area (Å²) in [7, 11) is 3.07. The molecule has 0 aliphatic heterocycles. The number of aryl methyl sites for hydroxylation is 1. The van der Waals surface area contributed by atoms with Crippen LogP contribution in [0.25, 0.3) is 0 Å². The molecule has 0 heterocycles. The summed E-state index contributed by atoms with van der Waals surface area (Å²) < 4.78 is 9.90. The number of ether oxygens (including phenoxy) is 2. The molecule has 3 N–H and O–H groups in total. The Morgan fingerprint density at radius 1 is 1.18 bits per heavy atom. The minimum atomic E-state index is -0.732. The highest BCUT2D eigenvalue weighted by Gasteiger charge is 2.22. The second-order valence-electron chi connectivity index (χ2n) is 4.82. The van der Waals surface area contributed by atoms with Gasteiger partial charge in [-0.15, -0.1) is 0 Å². The van der Waals surface area contributed by atoms with Crippen LogP contribution in [0.15, 0.2) is 18.2 Å². The van der Waals surface area contributed by atoms with E-state index in [1.807, 2.05) is 13.0 Å². The Morgan fingerprint density at radius 3 is 2.32 bits per heavy atom. The molecular weight excluding hydrogens is 286 g/mol. The standard InChI is InChI=1S/C15H23N3O4/c1-11-4-5-12(16)13(10-11)17-14(19)15(20)18(6-8-21-2)7-9-22-3/h4-5,10H,6-9,16H2,1-3H3,(H,17,19). The van der Waals surface area contributed by atoms with E-state index >= 15 is 0 Å². The third-order valence-electron chi connectivity index (χ3n) is 3.07. The highest BCUT2D eigenvalue weighted by Crippen LogP contribution is 2.19. The highest BCUT2D eigenvalue weighted by molar-refractivity contribution is 6.39. The van der Waals surface area contributed by atoms with E-state index in [1.54, 1.807) is 12.1 Å². The van der Waals surface area contributed by atoms with Crippen LogP contribution in [0.4, 0.5) is 11.4 Å². The molecule has 7 nitrogen and oxygen atoms in total. The predicted octanol–water partition coefficient (Wildman–Crippen LogP) is 0.637. The van der Waals surface area contributed by atoms with E-state index in [2.05, 4.69) is 5.32 Å². The molecule has 0 saturated heterocycles. The number of rotatable bonds is 7.